The quantitative estimate of drug-likeness (QED) is 0.408. The second-order valence-electron chi connectivity index (χ2n) is 2.29. The van der Waals surface area contributed by atoms with Crippen molar-refractivity contribution in [2.45, 2.75) is 13.2 Å². The molecule has 1 aliphatic rings. The van der Waals surface area contributed by atoms with Gasteiger partial charge in [-0.3, -0.25) is 0 Å². The van der Waals surface area contributed by atoms with Gasteiger partial charge < -0.3 is 26.1 Å². The number of hydroxylamine groups is 2. The molecule has 0 aromatic carbocycles. The van der Waals surface area contributed by atoms with Crippen molar-refractivity contribution in [2.24, 2.45) is 0 Å². The monoisotopic (exact) mass is 157 g/mol. The summed E-state index contributed by atoms with van der Waals surface area (Å²) in [5, 5.41) is 30.9. The predicted molar refractivity (Wildman–Crippen MR) is 38.7 cm³/mol. The third-order valence-electron chi connectivity index (χ3n) is 1.51. The molecule has 1 aliphatic heterocycles. The van der Waals surface area contributed by atoms with Crippen LogP contribution in [0.5, 0.6) is 0 Å². The zero-order valence-corrected chi connectivity index (χ0v) is 6.00. The molecule has 0 spiro atoms. The van der Waals surface area contributed by atoms with Crippen molar-refractivity contribution < 1.29 is 10.3 Å². The first-order valence-electron chi connectivity index (χ1n) is 3.15. The van der Waals surface area contributed by atoms with E-state index in [9.17, 15) is 10.4 Å². The van der Waals surface area contributed by atoms with Crippen LogP contribution in [-0.4, -0.2) is 11.3 Å². The highest BCUT2D eigenvalue weighted by Crippen LogP contribution is 2.06. The Labute approximate surface area is 63.8 Å². The molecule has 1 rings (SSSR count). The molecular formula is C6H9N2O3-. The summed E-state index contributed by atoms with van der Waals surface area (Å²) in [6, 6.07) is 0. The topological polar surface area (TPSA) is 82.8 Å². The van der Waals surface area contributed by atoms with Gasteiger partial charge in [0.05, 0.1) is 0 Å². The van der Waals surface area contributed by atoms with Crippen LogP contribution < -0.4 is 10.5 Å². The van der Waals surface area contributed by atoms with E-state index < -0.39 is 11.5 Å². The van der Waals surface area contributed by atoms with E-state index in [1.807, 2.05) is 0 Å². The van der Waals surface area contributed by atoms with Crippen LogP contribution in [0.25, 0.3) is 0 Å². The maximum Gasteiger partial charge on any atom is 0.201 e. The van der Waals surface area contributed by atoms with Crippen LogP contribution in [0.4, 0.5) is 0 Å². The lowest BCUT2D eigenvalue weighted by Gasteiger charge is -2.32. The van der Waals surface area contributed by atoms with E-state index in [2.05, 4.69) is 5.32 Å². The number of aliphatic hydroxyl groups excluding tert-OH is 1. The molecule has 0 bridgehead atoms. The zero-order chi connectivity index (χ0) is 8.43. The molecule has 62 valence electrons. The largest absolute Gasteiger partial charge is 0.628 e. The summed E-state index contributed by atoms with van der Waals surface area (Å²) in [5.41, 5.74) is 0.406. The summed E-state index contributed by atoms with van der Waals surface area (Å²) in [5.74, 6) is 0. The average Bonchev–Trinajstić information content (AvgIpc) is 1.85. The van der Waals surface area contributed by atoms with Gasteiger partial charge in [-0.05, 0) is 19.2 Å². The van der Waals surface area contributed by atoms with E-state index in [-0.39, 0.29) is 5.70 Å². The Balaban J connectivity index is 2.91. The van der Waals surface area contributed by atoms with Gasteiger partial charge in [0.2, 0.25) is 6.23 Å². The Morgan fingerprint density at radius 2 is 2.27 bits per heavy atom. The van der Waals surface area contributed by atoms with Crippen LogP contribution in [0.2, 0.25) is 0 Å². The molecule has 0 aromatic heterocycles. The van der Waals surface area contributed by atoms with Crippen LogP contribution in [0.1, 0.15) is 6.92 Å². The molecule has 0 saturated heterocycles. The lowest BCUT2D eigenvalue weighted by atomic mass is 10.1. The van der Waals surface area contributed by atoms with E-state index >= 15 is 0 Å². The molecule has 0 amide bonds. The first-order valence-corrected chi connectivity index (χ1v) is 3.15. The lowest BCUT2D eigenvalue weighted by molar-refractivity contribution is -0.753. The number of hydrogen-bond acceptors (Lipinski definition) is 4. The number of allylic oxidation sites excluding steroid dienone is 2. The van der Waals surface area contributed by atoms with Crippen LogP contribution in [0.3, 0.4) is 0 Å². The van der Waals surface area contributed by atoms with E-state index in [4.69, 9.17) is 5.11 Å². The molecule has 0 saturated carbocycles. The predicted octanol–water partition coefficient (Wildman–Crippen LogP) is -1.42. The normalized spacial score (nSPS) is 24.3. The van der Waals surface area contributed by atoms with E-state index in [0.717, 1.165) is 0 Å². The maximum atomic E-state index is 10.4. The smallest absolute Gasteiger partial charge is 0.201 e. The molecule has 0 radical (unpaired) electrons. The Bertz CT molecular complexity index is 210. The molecule has 0 aliphatic carbocycles. The molecule has 1 atom stereocenters. The Morgan fingerprint density at radius 1 is 1.64 bits per heavy atom. The van der Waals surface area contributed by atoms with E-state index in [1.165, 1.54) is 6.20 Å². The molecule has 11 heavy (non-hydrogen) atoms. The fourth-order valence-electron chi connectivity index (χ4n) is 0.926. The number of rotatable bonds is 1. The molecule has 5 heteroatoms. The summed E-state index contributed by atoms with van der Waals surface area (Å²) in [6.45, 7) is 1.60. The van der Waals surface area contributed by atoms with Gasteiger partial charge in [0.15, 0.2) is 5.70 Å². The van der Waals surface area contributed by atoms with Gasteiger partial charge in [-0.2, -0.15) is 0 Å². The summed E-state index contributed by atoms with van der Waals surface area (Å²) >= 11 is 0. The Kier molecular flexibility index (Phi) is 2.25. The average molecular weight is 157 g/mol. The van der Waals surface area contributed by atoms with Crippen LogP contribution in [-0.2, 0) is 0 Å². The van der Waals surface area contributed by atoms with Crippen molar-refractivity contribution in [2.75, 3.05) is 0 Å². The summed E-state index contributed by atoms with van der Waals surface area (Å²) < 4.78 is 0. The third-order valence-corrected chi connectivity index (χ3v) is 1.51. The van der Waals surface area contributed by atoms with Gasteiger partial charge in [0.25, 0.3) is 0 Å². The molecule has 1 unspecified atom stereocenters. The first kappa shape index (κ1) is 8.22. The summed E-state index contributed by atoms with van der Waals surface area (Å²) in [4.78, 5) is 0. The molecule has 0 aromatic rings. The second kappa shape index (κ2) is 3.02. The first-order chi connectivity index (χ1) is 5.13. The Hall–Kier alpha value is -0.880. The zero-order valence-electron chi connectivity index (χ0n) is 6.00. The Morgan fingerprint density at radius 3 is 2.64 bits per heavy atom. The van der Waals surface area contributed by atoms with Gasteiger partial charge in [0, 0.05) is 5.57 Å². The molecule has 5 nitrogen and oxygen atoms in total. The highest BCUT2D eigenvalue weighted by Gasteiger charge is 2.17. The maximum absolute atomic E-state index is 10.4. The van der Waals surface area contributed by atoms with E-state index in [1.54, 1.807) is 13.0 Å². The minimum absolute atomic E-state index is 0.104. The number of hydrogen-bond donors (Lipinski definition) is 3. The van der Waals surface area contributed by atoms with Crippen molar-refractivity contribution in [1.82, 2.24) is 5.32 Å². The van der Waals surface area contributed by atoms with Crippen molar-refractivity contribution in [3.8, 4) is 0 Å². The third kappa shape index (κ3) is 1.58. The summed E-state index contributed by atoms with van der Waals surface area (Å²) in [7, 11) is 0. The van der Waals surface area contributed by atoms with Crippen molar-refractivity contribution in [3.63, 3.8) is 0 Å². The summed E-state index contributed by atoms with van der Waals surface area (Å²) in [6.07, 6.45) is 1.91. The lowest BCUT2D eigenvalue weighted by Crippen LogP contribution is -3.01. The highest BCUT2D eigenvalue weighted by atomic mass is 16.8. The minimum Gasteiger partial charge on any atom is -0.628 e. The molecule has 1 heterocycles. The number of quaternary nitrogens is 1. The van der Waals surface area contributed by atoms with Gasteiger partial charge in [-0.15, -0.1) is 0 Å². The van der Waals surface area contributed by atoms with E-state index in [0.29, 0.717) is 5.57 Å². The standard InChI is InChI=1S/C6H9N2O3/c1-4-2-3-7-6(9)5(4)8(10)11/h2-3,6-9H,1H3/q-1. The van der Waals surface area contributed by atoms with Gasteiger partial charge in [-0.1, -0.05) is 0 Å². The fourth-order valence-corrected chi connectivity index (χ4v) is 0.926. The van der Waals surface area contributed by atoms with Gasteiger partial charge in [0.1, 0.15) is 0 Å². The molecular weight excluding hydrogens is 148 g/mol. The van der Waals surface area contributed by atoms with Crippen molar-refractivity contribution in [3.05, 3.63) is 34.0 Å². The fraction of sp³-hybridized carbons (Fsp3) is 0.333. The van der Waals surface area contributed by atoms with Crippen LogP contribution in [0, 0.1) is 10.4 Å². The van der Waals surface area contributed by atoms with Crippen LogP contribution in [0.15, 0.2) is 23.5 Å². The highest BCUT2D eigenvalue weighted by molar-refractivity contribution is 5.25. The number of dihydropyridines is 1. The van der Waals surface area contributed by atoms with Gasteiger partial charge in [-0.25, -0.2) is 0 Å². The number of aliphatic hydroxyl groups is 1. The number of nitrogens with one attached hydrogen (secondary N) is 2. The van der Waals surface area contributed by atoms with Crippen molar-refractivity contribution in [1.29, 1.82) is 0 Å². The molecule has 3 N–H and O–H groups in total. The van der Waals surface area contributed by atoms with Crippen LogP contribution >= 0.6 is 0 Å². The SMILES string of the molecule is CC1=C([NH+]([O-])[O-])C(O)NC=C1. The molecule has 0 fully saturated rings. The van der Waals surface area contributed by atoms with Gasteiger partial charge >= 0.3 is 0 Å². The minimum atomic E-state index is -1.34. The van der Waals surface area contributed by atoms with Crippen molar-refractivity contribution >= 4 is 0 Å². The second-order valence-corrected chi connectivity index (χ2v) is 2.29.